The number of nitrogens with zero attached hydrogens (tertiary/aromatic N) is 5. The minimum absolute atomic E-state index is 0.0206. The highest BCUT2D eigenvalue weighted by molar-refractivity contribution is 9.09. The molecule has 31 heavy (non-hydrogen) atoms. The molecule has 0 spiro atoms. The van der Waals surface area contributed by atoms with Crippen molar-refractivity contribution in [1.82, 2.24) is 15.1 Å². The molecule has 0 bridgehead atoms. The van der Waals surface area contributed by atoms with E-state index in [0.29, 0.717) is 36.0 Å². The second kappa shape index (κ2) is 13.0. The predicted octanol–water partition coefficient (Wildman–Crippen LogP) is 2.43. The van der Waals surface area contributed by atoms with E-state index in [1.165, 1.54) is 12.1 Å². The maximum Gasteiger partial charge on any atom is 0.283 e. The summed E-state index contributed by atoms with van der Waals surface area (Å²) in [5, 5.41) is 25.2. The fourth-order valence-corrected chi connectivity index (χ4v) is 4.35. The minimum atomic E-state index is -0.608. The van der Waals surface area contributed by atoms with Crippen LogP contribution in [0.25, 0.3) is 0 Å². The summed E-state index contributed by atoms with van der Waals surface area (Å²) < 4.78 is 0. The molecule has 1 N–H and O–H groups in total. The Kier molecular flexibility index (Phi) is 10.7. The molecule has 1 saturated heterocycles. The summed E-state index contributed by atoms with van der Waals surface area (Å²) in [6.45, 7) is 6.59. The molecule has 1 aliphatic rings. The molecular formula is C20H28Br2N6O3. The van der Waals surface area contributed by atoms with Crippen molar-refractivity contribution in [2.24, 2.45) is 0 Å². The van der Waals surface area contributed by atoms with Crippen LogP contribution in [0.2, 0.25) is 0 Å². The zero-order chi connectivity index (χ0) is 22.8. The number of piperazine rings is 1. The molecule has 1 heterocycles. The lowest BCUT2D eigenvalue weighted by atomic mass is 10.0. The average molecular weight is 560 g/mol. The van der Waals surface area contributed by atoms with Gasteiger partial charge in [-0.15, -0.1) is 0 Å². The fourth-order valence-electron chi connectivity index (χ4n) is 3.49. The van der Waals surface area contributed by atoms with Crippen molar-refractivity contribution in [3.05, 3.63) is 33.4 Å². The van der Waals surface area contributed by atoms with Crippen LogP contribution in [-0.2, 0) is 0 Å². The third-order valence-electron chi connectivity index (χ3n) is 5.26. The standard InChI is InChI=1S/C20H28Br2N6O3/c1-25-9-11-26(12-10-25)6-2-5-24-20(29)17-14-18(27(7-3-21)8-4-22)16(15-23)13-19(17)28(30)31/h13-14H,2-12H2,1H3,(H,24,29). The molecule has 0 aliphatic carbocycles. The number of hydrogen-bond acceptors (Lipinski definition) is 7. The molecule has 1 amide bonds. The second-order valence-corrected chi connectivity index (χ2v) is 8.96. The van der Waals surface area contributed by atoms with Crippen molar-refractivity contribution in [3.8, 4) is 6.07 Å². The zero-order valence-corrected chi connectivity index (χ0v) is 20.8. The molecule has 9 nitrogen and oxygen atoms in total. The smallest absolute Gasteiger partial charge is 0.283 e. The average Bonchev–Trinajstić information content (AvgIpc) is 2.76. The summed E-state index contributed by atoms with van der Waals surface area (Å²) in [5.74, 6) is -0.492. The summed E-state index contributed by atoms with van der Waals surface area (Å²) in [6.07, 6.45) is 0.770. The van der Waals surface area contributed by atoms with Crippen LogP contribution in [0.3, 0.4) is 0 Å². The number of halogens is 2. The Labute approximate surface area is 199 Å². The lowest BCUT2D eigenvalue weighted by Crippen LogP contribution is -2.45. The van der Waals surface area contributed by atoms with Crippen LogP contribution in [0, 0.1) is 21.4 Å². The summed E-state index contributed by atoms with van der Waals surface area (Å²) >= 11 is 6.79. The van der Waals surface area contributed by atoms with E-state index in [9.17, 15) is 20.2 Å². The van der Waals surface area contributed by atoms with Gasteiger partial charge in [-0.1, -0.05) is 31.9 Å². The Balaban J connectivity index is 2.13. The van der Waals surface area contributed by atoms with Crippen molar-refractivity contribution >= 4 is 49.1 Å². The van der Waals surface area contributed by atoms with Gasteiger partial charge in [-0.25, -0.2) is 0 Å². The highest BCUT2D eigenvalue weighted by Crippen LogP contribution is 2.29. The number of nitro benzene ring substituents is 1. The number of rotatable bonds is 11. The summed E-state index contributed by atoms with van der Waals surface area (Å²) in [6, 6.07) is 4.70. The van der Waals surface area contributed by atoms with Gasteiger partial charge < -0.3 is 20.0 Å². The Hall–Kier alpha value is -1.74. The summed E-state index contributed by atoms with van der Waals surface area (Å²) in [4.78, 5) is 30.3. The Morgan fingerprint density at radius 1 is 1.26 bits per heavy atom. The van der Waals surface area contributed by atoms with Crippen molar-refractivity contribution in [2.45, 2.75) is 6.42 Å². The first-order chi connectivity index (χ1) is 14.9. The molecule has 1 aromatic carbocycles. The van der Waals surface area contributed by atoms with Crippen molar-refractivity contribution in [3.63, 3.8) is 0 Å². The van der Waals surface area contributed by atoms with Crippen LogP contribution in [0.5, 0.6) is 0 Å². The quantitative estimate of drug-likeness (QED) is 0.192. The molecule has 0 radical (unpaired) electrons. The van der Waals surface area contributed by atoms with E-state index in [1.54, 1.807) is 0 Å². The van der Waals surface area contributed by atoms with E-state index in [-0.39, 0.29) is 16.8 Å². The lowest BCUT2D eigenvalue weighted by molar-refractivity contribution is -0.385. The van der Waals surface area contributed by atoms with Crippen LogP contribution in [0.1, 0.15) is 22.3 Å². The maximum atomic E-state index is 12.8. The number of nitriles is 1. The number of nitro groups is 1. The van der Waals surface area contributed by atoms with Gasteiger partial charge in [0.05, 0.1) is 16.2 Å². The van der Waals surface area contributed by atoms with Gasteiger partial charge in [0.1, 0.15) is 11.6 Å². The SMILES string of the molecule is CN1CCN(CCCNC(=O)c2cc(N(CCBr)CCBr)c(C#N)cc2[N+](=O)[O-])CC1. The van der Waals surface area contributed by atoms with Crippen molar-refractivity contribution in [1.29, 1.82) is 5.26 Å². The fraction of sp³-hybridized carbons (Fsp3) is 0.600. The van der Waals surface area contributed by atoms with Crippen LogP contribution in [-0.4, -0.2) is 90.7 Å². The Bertz CT molecular complexity index is 803. The number of hydrogen-bond donors (Lipinski definition) is 1. The number of alkyl halides is 2. The summed E-state index contributed by atoms with van der Waals surface area (Å²) in [5.41, 5.74) is 0.331. The van der Waals surface area contributed by atoms with Gasteiger partial charge >= 0.3 is 0 Å². The molecule has 0 saturated carbocycles. The first kappa shape index (κ1) is 25.5. The molecule has 0 aromatic heterocycles. The third-order valence-corrected chi connectivity index (χ3v) is 5.97. The maximum absolute atomic E-state index is 12.8. The molecule has 11 heteroatoms. The molecule has 1 aromatic rings. The van der Waals surface area contributed by atoms with Gasteiger partial charge in [0, 0.05) is 62.5 Å². The number of amides is 1. The lowest BCUT2D eigenvalue weighted by Gasteiger charge is -2.32. The molecule has 170 valence electrons. The molecule has 0 unspecified atom stereocenters. The monoisotopic (exact) mass is 558 g/mol. The van der Waals surface area contributed by atoms with E-state index >= 15 is 0 Å². The minimum Gasteiger partial charge on any atom is -0.369 e. The van der Waals surface area contributed by atoms with Crippen LogP contribution in [0.4, 0.5) is 11.4 Å². The number of likely N-dealkylation sites (N-methyl/N-ethyl adjacent to an activating group) is 1. The van der Waals surface area contributed by atoms with Gasteiger partial charge in [-0.3, -0.25) is 14.9 Å². The van der Waals surface area contributed by atoms with Gasteiger partial charge in [0.2, 0.25) is 0 Å². The largest absolute Gasteiger partial charge is 0.369 e. The topological polar surface area (TPSA) is 106 Å². The number of nitrogens with one attached hydrogen (secondary N) is 1. The predicted molar refractivity (Wildman–Crippen MR) is 128 cm³/mol. The second-order valence-electron chi connectivity index (χ2n) is 7.37. The highest BCUT2D eigenvalue weighted by atomic mass is 79.9. The van der Waals surface area contributed by atoms with Crippen molar-refractivity contribution < 1.29 is 9.72 Å². The molecule has 1 fully saturated rings. The van der Waals surface area contributed by atoms with Crippen molar-refractivity contribution in [2.75, 3.05) is 75.0 Å². The van der Waals surface area contributed by atoms with E-state index in [2.05, 4.69) is 54.0 Å². The normalized spacial score (nSPS) is 14.8. The Morgan fingerprint density at radius 3 is 2.45 bits per heavy atom. The van der Waals surface area contributed by atoms with Gasteiger partial charge in [0.15, 0.2) is 0 Å². The van der Waals surface area contributed by atoms with Crippen LogP contribution >= 0.6 is 31.9 Å². The number of benzene rings is 1. The number of carbonyl (C=O) groups excluding carboxylic acids is 1. The third kappa shape index (κ3) is 7.42. The molecule has 1 aliphatic heterocycles. The highest BCUT2D eigenvalue weighted by Gasteiger charge is 2.25. The molecule has 2 rings (SSSR count). The number of carbonyl (C=O) groups is 1. The van der Waals surface area contributed by atoms with E-state index in [4.69, 9.17) is 0 Å². The summed E-state index contributed by atoms with van der Waals surface area (Å²) in [7, 11) is 2.10. The molecular weight excluding hydrogens is 532 g/mol. The molecule has 0 atom stereocenters. The van der Waals surface area contributed by atoms with Crippen LogP contribution < -0.4 is 10.2 Å². The first-order valence-electron chi connectivity index (χ1n) is 10.2. The van der Waals surface area contributed by atoms with Gasteiger partial charge in [-0.2, -0.15) is 5.26 Å². The first-order valence-corrected chi connectivity index (χ1v) is 12.4. The van der Waals surface area contributed by atoms with Gasteiger partial charge in [-0.05, 0) is 26.1 Å². The van der Waals surface area contributed by atoms with E-state index in [0.717, 1.165) is 39.1 Å². The Morgan fingerprint density at radius 2 is 1.90 bits per heavy atom. The van der Waals surface area contributed by atoms with Crippen LogP contribution in [0.15, 0.2) is 12.1 Å². The van der Waals surface area contributed by atoms with Gasteiger partial charge in [0.25, 0.3) is 11.6 Å². The number of anilines is 1. The van der Waals surface area contributed by atoms with E-state index < -0.39 is 10.8 Å². The van der Waals surface area contributed by atoms with E-state index in [1.807, 2.05) is 11.0 Å². The zero-order valence-electron chi connectivity index (χ0n) is 17.6.